The summed E-state index contributed by atoms with van der Waals surface area (Å²) in [4.78, 5) is 16.3. The van der Waals surface area contributed by atoms with Gasteiger partial charge in [0.25, 0.3) is 0 Å². The highest BCUT2D eigenvalue weighted by molar-refractivity contribution is 7.52. The third-order valence-corrected chi connectivity index (χ3v) is 6.06. The minimum atomic E-state index is -5.01. The molecule has 2 unspecified atom stereocenters. The average Bonchev–Trinajstić information content (AvgIpc) is 2.85. The lowest BCUT2D eigenvalue weighted by Crippen LogP contribution is -2.37. The van der Waals surface area contributed by atoms with Gasteiger partial charge in [-0.2, -0.15) is 13.9 Å². The van der Waals surface area contributed by atoms with E-state index in [2.05, 4.69) is 10.1 Å². The van der Waals surface area contributed by atoms with Gasteiger partial charge >= 0.3 is 13.7 Å². The van der Waals surface area contributed by atoms with E-state index in [1.807, 2.05) is 0 Å². The molecule has 3 aromatic rings. The van der Waals surface area contributed by atoms with Crippen LogP contribution in [-0.2, 0) is 14.1 Å². The van der Waals surface area contributed by atoms with E-state index < -0.39 is 60.7 Å². The molecule has 3 rings (SSSR count). The molecule has 2 atom stereocenters. The van der Waals surface area contributed by atoms with E-state index in [1.165, 1.54) is 45.0 Å². The molecule has 36 heavy (non-hydrogen) atoms. The second-order valence-corrected chi connectivity index (χ2v) is 9.27. The van der Waals surface area contributed by atoms with E-state index in [1.54, 1.807) is 24.4 Å². The first-order valence-corrected chi connectivity index (χ1v) is 12.0. The third kappa shape index (κ3) is 6.19. The normalized spacial score (nSPS) is 13.7. The standard InChI is InChI=1S/C23H20F5N2O5P/c1-12(2)33-23(31)13(3)30-36(32,35-22-20(27)18(25)17(24)19(26)21(22)28)34-15-9-7-14(8-10-15)16-6-4-5-11-29-16/h4-13H,1-3H3,(H,30,32). The Hall–Kier alpha value is -3.50. The van der Waals surface area contributed by atoms with Crippen molar-refractivity contribution in [1.82, 2.24) is 10.1 Å². The lowest BCUT2D eigenvalue weighted by atomic mass is 10.1. The smallest absolute Gasteiger partial charge is 0.462 e. The van der Waals surface area contributed by atoms with Gasteiger partial charge in [0.05, 0.1) is 11.8 Å². The Bertz CT molecular complexity index is 1260. The highest BCUT2D eigenvalue weighted by Gasteiger charge is 2.38. The van der Waals surface area contributed by atoms with Gasteiger partial charge in [0.2, 0.25) is 34.8 Å². The monoisotopic (exact) mass is 530 g/mol. The summed E-state index contributed by atoms with van der Waals surface area (Å²) in [5.41, 5.74) is 1.22. The largest absolute Gasteiger partial charge is 0.513 e. The van der Waals surface area contributed by atoms with Gasteiger partial charge in [-0.15, -0.1) is 0 Å². The molecule has 0 spiro atoms. The maximum Gasteiger partial charge on any atom is 0.513 e. The molecule has 192 valence electrons. The number of halogens is 5. The lowest BCUT2D eigenvalue weighted by Gasteiger charge is -2.24. The van der Waals surface area contributed by atoms with Gasteiger partial charge in [-0.05, 0) is 57.2 Å². The first kappa shape index (κ1) is 27.1. The molecule has 0 aliphatic rings. The predicted octanol–water partition coefficient (Wildman–Crippen LogP) is 5.94. The zero-order valence-electron chi connectivity index (χ0n) is 19.1. The van der Waals surface area contributed by atoms with Crippen LogP contribution in [0.1, 0.15) is 20.8 Å². The van der Waals surface area contributed by atoms with Crippen molar-refractivity contribution in [3.63, 3.8) is 0 Å². The predicted molar refractivity (Wildman–Crippen MR) is 119 cm³/mol. The molecule has 0 aliphatic carbocycles. The van der Waals surface area contributed by atoms with Crippen LogP contribution in [0.2, 0.25) is 0 Å². The number of carbonyl (C=O) groups is 1. The number of hydrogen-bond acceptors (Lipinski definition) is 6. The van der Waals surface area contributed by atoms with Gasteiger partial charge in [0.15, 0.2) is 0 Å². The number of nitrogens with zero attached hydrogens (tertiary/aromatic N) is 1. The summed E-state index contributed by atoms with van der Waals surface area (Å²) in [5.74, 6) is -14.8. The number of nitrogens with one attached hydrogen (secondary N) is 1. The van der Waals surface area contributed by atoms with E-state index in [0.29, 0.717) is 11.3 Å². The topological polar surface area (TPSA) is 86.8 Å². The molecule has 0 amide bonds. The second-order valence-electron chi connectivity index (χ2n) is 7.65. The third-order valence-electron chi connectivity index (χ3n) is 4.48. The zero-order chi connectivity index (χ0) is 26.6. The maximum absolute atomic E-state index is 14.2. The van der Waals surface area contributed by atoms with Crippen molar-refractivity contribution in [3.05, 3.63) is 77.7 Å². The van der Waals surface area contributed by atoms with Crippen LogP contribution < -0.4 is 14.1 Å². The van der Waals surface area contributed by atoms with Crippen LogP contribution in [0, 0.1) is 29.1 Å². The molecule has 0 fully saturated rings. The minimum absolute atomic E-state index is 0.182. The molecule has 0 saturated heterocycles. The Morgan fingerprint density at radius 3 is 1.97 bits per heavy atom. The van der Waals surface area contributed by atoms with E-state index >= 15 is 0 Å². The number of rotatable bonds is 9. The first-order chi connectivity index (χ1) is 16.9. The Morgan fingerprint density at radius 2 is 1.44 bits per heavy atom. The van der Waals surface area contributed by atoms with Crippen LogP contribution >= 0.6 is 7.75 Å². The number of esters is 1. The summed E-state index contributed by atoms with van der Waals surface area (Å²) in [6.07, 6.45) is 0.991. The first-order valence-electron chi connectivity index (χ1n) is 10.4. The Kier molecular flexibility index (Phi) is 8.31. The second kappa shape index (κ2) is 11.0. The van der Waals surface area contributed by atoms with E-state index in [4.69, 9.17) is 13.8 Å². The van der Waals surface area contributed by atoms with Gasteiger partial charge < -0.3 is 13.8 Å². The molecular weight excluding hydrogens is 510 g/mol. The average molecular weight is 530 g/mol. The van der Waals surface area contributed by atoms with Gasteiger partial charge in [0.1, 0.15) is 11.8 Å². The summed E-state index contributed by atoms with van der Waals surface area (Å²) < 4.78 is 97.7. The van der Waals surface area contributed by atoms with Gasteiger partial charge in [-0.25, -0.2) is 17.7 Å². The Balaban J connectivity index is 1.96. The van der Waals surface area contributed by atoms with Crippen molar-refractivity contribution in [2.24, 2.45) is 0 Å². The highest BCUT2D eigenvalue weighted by atomic mass is 31.2. The van der Waals surface area contributed by atoms with E-state index in [-0.39, 0.29) is 5.75 Å². The number of benzene rings is 2. The fourth-order valence-corrected chi connectivity index (χ4v) is 4.36. The summed E-state index contributed by atoms with van der Waals surface area (Å²) in [6, 6.07) is 9.37. The molecule has 0 aliphatic heterocycles. The SMILES string of the molecule is CC(C)OC(=O)C(C)NP(=O)(Oc1ccc(-c2ccccn2)cc1)Oc1c(F)c(F)c(F)c(F)c1F. The molecule has 1 heterocycles. The zero-order valence-corrected chi connectivity index (χ0v) is 20.0. The number of aromatic nitrogens is 1. The molecule has 1 N–H and O–H groups in total. The number of hydrogen-bond donors (Lipinski definition) is 1. The minimum Gasteiger partial charge on any atom is -0.462 e. The fraction of sp³-hybridized carbons (Fsp3) is 0.217. The van der Waals surface area contributed by atoms with Gasteiger partial charge in [-0.3, -0.25) is 9.78 Å². The molecule has 13 heteroatoms. The number of pyridine rings is 1. The van der Waals surface area contributed by atoms with Crippen molar-refractivity contribution < 1.29 is 45.1 Å². The fourth-order valence-electron chi connectivity index (χ4n) is 2.84. The Morgan fingerprint density at radius 1 is 0.861 bits per heavy atom. The van der Waals surface area contributed by atoms with E-state index in [0.717, 1.165) is 0 Å². The van der Waals surface area contributed by atoms with Crippen molar-refractivity contribution >= 4 is 13.7 Å². The van der Waals surface area contributed by atoms with Crippen molar-refractivity contribution in [3.8, 4) is 22.8 Å². The molecule has 2 aromatic carbocycles. The molecular formula is C23H20F5N2O5P. The van der Waals surface area contributed by atoms with E-state index in [9.17, 15) is 31.3 Å². The summed E-state index contributed by atoms with van der Waals surface area (Å²) >= 11 is 0. The maximum atomic E-state index is 14.2. The molecule has 0 radical (unpaired) electrons. The number of carbonyl (C=O) groups excluding carboxylic acids is 1. The van der Waals surface area contributed by atoms with Crippen LogP contribution in [-0.4, -0.2) is 23.1 Å². The molecule has 7 nitrogen and oxygen atoms in total. The van der Waals surface area contributed by atoms with Crippen LogP contribution in [0.3, 0.4) is 0 Å². The lowest BCUT2D eigenvalue weighted by molar-refractivity contribution is -0.149. The van der Waals surface area contributed by atoms with Gasteiger partial charge in [0, 0.05) is 11.8 Å². The van der Waals surface area contributed by atoms with Crippen LogP contribution in [0.25, 0.3) is 11.3 Å². The van der Waals surface area contributed by atoms with Crippen molar-refractivity contribution in [2.45, 2.75) is 32.9 Å². The summed E-state index contributed by atoms with van der Waals surface area (Å²) in [5, 5.41) is 2.10. The van der Waals surface area contributed by atoms with Crippen molar-refractivity contribution in [2.75, 3.05) is 0 Å². The summed E-state index contributed by atoms with van der Waals surface area (Å²) in [6.45, 7) is 4.25. The molecule has 0 saturated carbocycles. The summed E-state index contributed by atoms with van der Waals surface area (Å²) in [7, 11) is -5.01. The van der Waals surface area contributed by atoms with Crippen LogP contribution in [0.4, 0.5) is 22.0 Å². The molecule has 1 aromatic heterocycles. The van der Waals surface area contributed by atoms with Gasteiger partial charge in [-0.1, -0.05) is 6.07 Å². The highest BCUT2D eigenvalue weighted by Crippen LogP contribution is 2.47. The Labute approximate surface area is 202 Å². The molecule has 0 bridgehead atoms. The number of ether oxygens (including phenoxy) is 1. The quantitative estimate of drug-likeness (QED) is 0.121. The van der Waals surface area contributed by atoms with Crippen LogP contribution in [0.5, 0.6) is 11.5 Å². The van der Waals surface area contributed by atoms with Crippen LogP contribution in [0.15, 0.2) is 48.7 Å². The van der Waals surface area contributed by atoms with Crippen molar-refractivity contribution in [1.29, 1.82) is 0 Å².